The van der Waals surface area contributed by atoms with Crippen LogP contribution in [0.5, 0.6) is 0 Å². The van der Waals surface area contributed by atoms with Gasteiger partial charge in [0, 0.05) is 22.7 Å². The third-order valence-electron chi connectivity index (χ3n) is 3.18. The van der Waals surface area contributed by atoms with E-state index in [9.17, 15) is 0 Å². The summed E-state index contributed by atoms with van der Waals surface area (Å²) in [5.74, 6) is 0. The molecular formula is C15H23Cl2NO. The fraction of sp³-hybridized carbons (Fsp3) is 0.600. The Morgan fingerprint density at radius 1 is 1.16 bits per heavy atom. The van der Waals surface area contributed by atoms with Crippen molar-refractivity contribution >= 4 is 23.2 Å². The Labute approximate surface area is 126 Å². The molecule has 0 aliphatic rings. The van der Waals surface area contributed by atoms with Crippen molar-refractivity contribution in [1.82, 2.24) is 5.32 Å². The van der Waals surface area contributed by atoms with Crippen LogP contribution < -0.4 is 5.32 Å². The van der Waals surface area contributed by atoms with Gasteiger partial charge in [-0.25, -0.2) is 0 Å². The van der Waals surface area contributed by atoms with Gasteiger partial charge in [0.25, 0.3) is 0 Å². The van der Waals surface area contributed by atoms with Crippen LogP contribution in [-0.2, 0) is 11.2 Å². The van der Waals surface area contributed by atoms with Crippen LogP contribution in [0.15, 0.2) is 18.2 Å². The zero-order chi connectivity index (χ0) is 14.3. The molecule has 2 atom stereocenters. The van der Waals surface area contributed by atoms with Crippen molar-refractivity contribution < 1.29 is 4.74 Å². The summed E-state index contributed by atoms with van der Waals surface area (Å²) in [5.41, 5.74) is 0.995. The smallest absolute Gasteiger partial charge is 0.0728 e. The molecule has 1 aromatic rings. The zero-order valence-corrected chi connectivity index (χ0v) is 13.4. The van der Waals surface area contributed by atoms with Crippen LogP contribution in [0.1, 0.15) is 32.8 Å². The first-order valence-electron chi connectivity index (χ1n) is 6.91. The van der Waals surface area contributed by atoms with Crippen molar-refractivity contribution in [3.63, 3.8) is 0 Å². The molecule has 1 rings (SSSR count). The largest absolute Gasteiger partial charge is 0.377 e. The Morgan fingerprint density at radius 2 is 1.79 bits per heavy atom. The molecule has 0 saturated heterocycles. The van der Waals surface area contributed by atoms with Gasteiger partial charge in [-0.05, 0) is 44.0 Å². The van der Waals surface area contributed by atoms with E-state index < -0.39 is 0 Å². The number of nitrogens with one attached hydrogen (secondary N) is 1. The minimum absolute atomic E-state index is 0.178. The van der Waals surface area contributed by atoms with Crippen molar-refractivity contribution in [2.24, 2.45) is 0 Å². The minimum atomic E-state index is 0.178. The van der Waals surface area contributed by atoms with Gasteiger partial charge in [0.05, 0.1) is 6.10 Å². The van der Waals surface area contributed by atoms with Gasteiger partial charge in [-0.3, -0.25) is 0 Å². The van der Waals surface area contributed by atoms with Gasteiger partial charge in [0.1, 0.15) is 0 Å². The van der Waals surface area contributed by atoms with Crippen LogP contribution in [0.25, 0.3) is 0 Å². The van der Waals surface area contributed by atoms with Crippen molar-refractivity contribution in [3.8, 4) is 0 Å². The van der Waals surface area contributed by atoms with E-state index in [0.717, 1.165) is 41.6 Å². The first kappa shape index (κ1) is 16.8. The van der Waals surface area contributed by atoms with Gasteiger partial charge >= 0.3 is 0 Å². The van der Waals surface area contributed by atoms with E-state index in [4.69, 9.17) is 27.9 Å². The first-order valence-corrected chi connectivity index (χ1v) is 7.67. The Kier molecular flexibility index (Phi) is 7.77. The third-order valence-corrected chi connectivity index (χ3v) is 3.89. The lowest BCUT2D eigenvalue weighted by Crippen LogP contribution is -2.42. The maximum atomic E-state index is 6.25. The maximum Gasteiger partial charge on any atom is 0.0728 e. The molecular weight excluding hydrogens is 281 g/mol. The van der Waals surface area contributed by atoms with Gasteiger partial charge in [-0.2, -0.15) is 0 Å². The topological polar surface area (TPSA) is 21.3 Å². The van der Waals surface area contributed by atoms with E-state index in [0.29, 0.717) is 0 Å². The highest BCUT2D eigenvalue weighted by molar-refractivity contribution is 6.36. The summed E-state index contributed by atoms with van der Waals surface area (Å²) in [6.45, 7) is 7.87. The van der Waals surface area contributed by atoms with Crippen molar-refractivity contribution in [1.29, 1.82) is 0 Å². The van der Waals surface area contributed by atoms with Crippen LogP contribution in [-0.4, -0.2) is 25.3 Å². The van der Waals surface area contributed by atoms with Gasteiger partial charge < -0.3 is 10.1 Å². The fourth-order valence-corrected chi connectivity index (χ4v) is 2.83. The lowest BCUT2D eigenvalue weighted by atomic mass is 9.99. The predicted octanol–water partition coefficient (Wildman–Crippen LogP) is 4.33. The highest BCUT2D eigenvalue weighted by Gasteiger charge is 2.21. The standard InChI is InChI=1S/C15H23Cl2NO/c1-4-15(19-6-3)14(18-5-2)10-11-12(16)8-7-9-13(11)17/h7-9,14-15,18H,4-6,10H2,1-3H3. The molecule has 0 aromatic heterocycles. The van der Waals surface area contributed by atoms with E-state index in [1.807, 2.05) is 25.1 Å². The van der Waals surface area contributed by atoms with Gasteiger partial charge in [0.2, 0.25) is 0 Å². The Balaban J connectivity index is 2.88. The maximum absolute atomic E-state index is 6.25. The van der Waals surface area contributed by atoms with Gasteiger partial charge in [0.15, 0.2) is 0 Å². The molecule has 0 saturated carbocycles. The molecule has 0 fully saturated rings. The number of halogens is 2. The zero-order valence-electron chi connectivity index (χ0n) is 11.9. The van der Waals surface area contributed by atoms with Crippen molar-refractivity contribution in [2.75, 3.05) is 13.2 Å². The molecule has 1 N–H and O–H groups in total. The van der Waals surface area contributed by atoms with Crippen LogP contribution in [0, 0.1) is 0 Å². The predicted molar refractivity (Wildman–Crippen MR) is 83.3 cm³/mol. The summed E-state index contributed by atoms with van der Waals surface area (Å²) in [7, 11) is 0. The highest BCUT2D eigenvalue weighted by atomic mass is 35.5. The van der Waals surface area contributed by atoms with E-state index >= 15 is 0 Å². The lowest BCUT2D eigenvalue weighted by Gasteiger charge is -2.27. The molecule has 0 amide bonds. The number of rotatable bonds is 8. The quantitative estimate of drug-likeness (QED) is 0.772. The second-order valence-corrected chi connectivity index (χ2v) is 5.28. The molecule has 2 unspecified atom stereocenters. The average molecular weight is 304 g/mol. The van der Waals surface area contributed by atoms with Crippen LogP contribution in [0.4, 0.5) is 0 Å². The number of likely N-dealkylation sites (N-methyl/N-ethyl adjacent to an activating group) is 1. The van der Waals surface area contributed by atoms with E-state index in [-0.39, 0.29) is 12.1 Å². The molecule has 19 heavy (non-hydrogen) atoms. The van der Waals surface area contributed by atoms with E-state index in [1.165, 1.54) is 0 Å². The number of ether oxygens (including phenoxy) is 1. The van der Waals surface area contributed by atoms with Crippen molar-refractivity contribution in [3.05, 3.63) is 33.8 Å². The summed E-state index contributed by atoms with van der Waals surface area (Å²) in [5, 5.41) is 4.93. The van der Waals surface area contributed by atoms with Crippen LogP contribution in [0.2, 0.25) is 10.0 Å². The second-order valence-electron chi connectivity index (χ2n) is 4.47. The lowest BCUT2D eigenvalue weighted by molar-refractivity contribution is 0.0323. The summed E-state index contributed by atoms with van der Waals surface area (Å²) in [6, 6.07) is 5.87. The second kappa shape index (κ2) is 8.80. The minimum Gasteiger partial charge on any atom is -0.377 e. The molecule has 0 spiro atoms. The first-order chi connectivity index (χ1) is 9.13. The van der Waals surface area contributed by atoms with Crippen molar-refractivity contribution in [2.45, 2.75) is 45.8 Å². The molecule has 4 heteroatoms. The molecule has 108 valence electrons. The summed E-state index contributed by atoms with van der Waals surface area (Å²) >= 11 is 12.5. The van der Waals surface area contributed by atoms with Gasteiger partial charge in [-0.1, -0.05) is 43.1 Å². The molecule has 0 bridgehead atoms. The highest BCUT2D eigenvalue weighted by Crippen LogP contribution is 2.26. The summed E-state index contributed by atoms with van der Waals surface area (Å²) < 4.78 is 5.81. The third kappa shape index (κ3) is 4.96. The number of benzene rings is 1. The summed E-state index contributed by atoms with van der Waals surface area (Å²) in [6.07, 6.45) is 1.93. The van der Waals surface area contributed by atoms with E-state index in [1.54, 1.807) is 0 Å². The number of hydrogen-bond donors (Lipinski definition) is 1. The monoisotopic (exact) mass is 303 g/mol. The molecule has 0 aliphatic heterocycles. The van der Waals surface area contributed by atoms with Crippen LogP contribution in [0.3, 0.4) is 0 Å². The average Bonchev–Trinajstić information content (AvgIpc) is 2.39. The molecule has 1 aromatic carbocycles. The fourth-order valence-electron chi connectivity index (χ4n) is 2.28. The Bertz CT molecular complexity index is 364. The summed E-state index contributed by atoms with van der Waals surface area (Å²) in [4.78, 5) is 0. The normalized spacial score (nSPS) is 14.4. The Morgan fingerprint density at radius 3 is 2.26 bits per heavy atom. The molecule has 0 aliphatic carbocycles. The molecule has 0 heterocycles. The van der Waals surface area contributed by atoms with Gasteiger partial charge in [-0.15, -0.1) is 0 Å². The SMILES string of the molecule is CCNC(Cc1c(Cl)cccc1Cl)C(CC)OCC. The van der Waals surface area contributed by atoms with Crippen LogP contribution >= 0.6 is 23.2 Å². The number of hydrogen-bond acceptors (Lipinski definition) is 2. The Hall–Kier alpha value is -0.280. The molecule has 2 nitrogen and oxygen atoms in total. The van der Waals surface area contributed by atoms with E-state index in [2.05, 4.69) is 19.2 Å². The molecule has 0 radical (unpaired) electrons.